The summed E-state index contributed by atoms with van der Waals surface area (Å²) in [5, 5.41) is 6.77. The third kappa shape index (κ3) is 8.48. The number of halogens is 1. The van der Waals surface area contributed by atoms with Crippen LogP contribution in [-0.2, 0) is 15.5 Å². The Morgan fingerprint density at radius 2 is 1.93 bits per heavy atom. The van der Waals surface area contributed by atoms with Crippen LogP contribution in [0.25, 0.3) is 0 Å². The van der Waals surface area contributed by atoms with Crippen LogP contribution in [0.5, 0.6) is 0 Å². The van der Waals surface area contributed by atoms with E-state index in [2.05, 4.69) is 15.6 Å². The van der Waals surface area contributed by atoms with Crippen LogP contribution in [0.3, 0.4) is 0 Å². The van der Waals surface area contributed by atoms with Gasteiger partial charge in [0.1, 0.15) is 0 Å². The molecule has 1 atom stereocenters. The molecule has 0 heterocycles. The lowest BCUT2D eigenvalue weighted by molar-refractivity contribution is 0.105. The highest BCUT2D eigenvalue weighted by molar-refractivity contribution is 14.0. The maximum atomic E-state index is 12.3. The van der Waals surface area contributed by atoms with E-state index in [0.717, 1.165) is 37.0 Å². The first kappa shape index (κ1) is 24.4. The number of benzene rings is 1. The van der Waals surface area contributed by atoms with Gasteiger partial charge in [0.15, 0.2) is 5.96 Å². The third-order valence-electron chi connectivity index (χ3n) is 5.09. The summed E-state index contributed by atoms with van der Waals surface area (Å²) in [7, 11) is 0.799. The molecule has 1 aromatic rings. The molecule has 0 amide bonds. The van der Waals surface area contributed by atoms with Crippen molar-refractivity contribution in [2.75, 3.05) is 39.1 Å². The first-order valence-corrected chi connectivity index (χ1v) is 11.0. The van der Waals surface area contributed by atoms with Crippen LogP contribution in [0.15, 0.2) is 40.2 Å². The molecule has 0 radical (unpaired) electrons. The largest absolute Gasteiger partial charge is 0.382 e. The summed E-state index contributed by atoms with van der Waals surface area (Å²) in [4.78, 5) is 5.18. The molecule has 2 rings (SSSR count). The molecule has 5 nitrogen and oxygen atoms in total. The van der Waals surface area contributed by atoms with E-state index in [1.165, 1.54) is 25.7 Å². The molecule has 2 N–H and O–H groups in total. The second kappa shape index (κ2) is 13.5. The monoisotopic (exact) mass is 507 g/mol. The van der Waals surface area contributed by atoms with Gasteiger partial charge in [0, 0.05) is 44.0 Å². The molecule has 1 aromatic carbocycles. The topological polar surface area (TPSA) is 62.7 Å². The van der Waals surface area contributed by atoms with Crippen LogP contribution in [0, 0.1) is 5.41 Å². The van der Waals surface area contributed by atoms with E-state index in [1.54, 1.807) is 7.05 Å². The second-order valence-electron chi connectivity index (χ2n) is 6.87. The van der Waals surface area contributed by atoms with E-state index in [-0.39, 0.29) is 24.0 Å². The highest BCUT2D eigenvalue weighted by Crippen LogP contribution is 2.40. The molecule has 1 aliphatic carbocycles. The van der Waals surface area contributed by atoms with Gasteiger partial charge in [-0.15, -0.1) is 24.0 Å². The number of nitrogens with one attached hydrogen (secondary N) is 2. The Balaban J connectivity index is 0.00000364. The van der Waals surface area contributed by atoms with E-state index in [1.807, 2.05) is 37.3 Å². The van der Waals surface area contributed by atoms with E-state index in [9.17, 15) is 4.21 Å². The first-order chi connectivity index (χ1) is 12.7. The Morgan fingerprint density at radius 3 is 2.56 bits per heavy atom. The van der Waals surface area contributed by atoms with E-state index in [4.69, 9.17) is 4.74 Å². The SMILES string of the molecule is CCOCCC1(CNC(=NC)NCCS(=O)c2ccccc2)CCCC1.I. The molecule has 27 heavy (non-hydrogen) atoms. The maximum absolute atomic E-state index is 12.3. The van der Waals surface area contributed by atoms with E-state index < -0.39 is 10.8 Å². The van der Waals surface area contributed by atoms with Crippen molar-refractivity contribution in [3.05, 3.63) is 30.3 Å². The normalized spacial score (nSPS) is 17.2. The van der Waals surface area contributed by atoms with Crippen molar-refractivity contribution < 1.29 is 8.95 Å². The van der Waals surface area contributed by atoms with Crippen molar-refractivity contribution in [2.24, 2.45) is 10.4 Å². The van der Waals surface area contributed by atoms with Crippen LogP contribution in [0.4, 0.5) is 0 Å². The summed E-state index contributed by atoms with van der Waals surface area (Å²) in [5.74, 6) is 1.36. The molecule has 0 bridgehead atoms. The number of hydrogen-bond donors (Lipinski definition) is 2. The molecule has 154 valence electrons. The Morgan fingerprint density at radius 1 is 1.22 bits per heavy atom. The molecule has 0 aromatic heterocycles. The number of rotatable bonds is 10. The average molecular weight is 507 g/mol. The predicted molar refractivity (Wildman–Crippen MR) is 125 cm³/mol. The fourth-order valence-electron chi connectivity index (χ4n) is 3.52. The number of guanidine groups is 1. The molecular formula is C20H34IN3O2S. The minimum Gasteiger partial charge on any atom is -0.382 e. The molecule has 0 spiro atoms. The molecule has 1 fully saturated rings. The van der Waals surface area contributed by atoms with Gasteiger partial charge in [-0.2, -0.15) is 0 Å². The summed E-state index contributed by atoms with van der Waals surface area (Å²) in [6.45, 7) is 5.21. The smallest absolute Gasteiger partial charge is 0.191 e. The molecule has 1 unspecified atom stereocenters. The minimum atomic E-state index is -0.983. The van der Waals surface area contributed by atoms with E-state index in [0.29, 0.717) is 17.7 Å². The van der Waals surface area contributed by atoms with Gasteiger partial charge < -0.3 is 15.4 Å². The van der Waals surface area contributed by atoms with Crippen LogP contribution in [-0.4, -0.2) is 49.3 Å². The van der Waals surface area contributed by atoms with Crippen molar-refractivity contribution in [1.82, 2.24) is 10.6 Å². The minimum absolute atomic E-state index is 0. The summed E-state index contributed by atoms with van der Waals surface area (Å²) < 4.78 is 17.9. The molecule has 0 saturated heterocycles. The lowest BCUT2D eigenvalue weighted by Crippen LogP contribution is -2.44. The van der Waals surface area contributed by atoms with Crippen molar-refractivity contribution >= 4 is 40.7 Å². The van der Waals surface area contributed by atoms with Gasteiger partial charge in [-0.25, -0.2) is 0 Å². The lowest BCUT2D eigenvalue weighted by Gasteiger charge is -2.30. The highest BCUT2D eigenvalue weighted by atomic mass is 127. The Bertz CT molecular complexity index is 578. The van der Waals surface area contributed by atoms with Crippen molar-refractivity contribution in [2.45, 2.75) is 43.9 Å². The quantitative estimate of drug-likeness (QED) is 0.220. The molecule has 0 aliphatic heterocycles. The van der Waals surface area contributed by atoms with Crippen molar-refractivity contribution in [1.29, 1.82) is 0 Å². The molecule has 1 saturated carbocycles. The van der Waals surface area contributed by atoms with Crippen LogP contribution >= 0.6 is 24.0 Å². The zero-order valence-electron chi connectivity index (χ0n) is 16.5. The fraction of sp³-hybridized carbons (Fsp3) is 0.650. The van der Waals surface area contributed by atoms with Gasteiger partial charge in [0.2, 0.25) is 0 Å². The number of nitrogens with zero attached hydrogens (tertiary/aromatic N) is 1. The van der Waals surface area contributed by atoms with Crippen LogP contribution in [0.2, 0.25) is 0 Å². The molecule has 1 aliphatic rings. The van der Waals surface area contributed by atoms with Gasteiger partial charge >= 0.3 is 0 Å². The zero-order valence-corrected chi connectivity index (χ0v) is 19.7. The van der Waals surface area contributed by atoms with Crippen LogP contribution < -0.4 is 10.6 Å². The Kier molecular flexibility index (Phi) is 12.2. The van der Waals surface area contributed by atoms with Crippen molar-refractivity contribution in [3.8, 4) is 0 Å². The second-order valence-corrected chi connectivity index (χ2v) is 8.44. The number of aliphatic imine (C=N–C) groups is 1. The van der Waals surface area contributed by atoms with E-state index >= 15 is 0 Å². The number of hydrogen-bond acceptors (Lipinski definition) is 3. The van der Waals surface area contributed by atoms with Gasteiger partial charge in [-0.1, -0.05) is 31.0 Å². The van der Waals surface area contributed by atoms with Gasteiger partial charge in [-0.05, 0) is 43.7 Å². The average Bonchev–Trinajstić information content (AvgIpc) is 3.14. The van der Waals surface area contributed by atoms with Gasteiger partial charge in [0.25, 0.3) is 0 Å². The third-order valence-corrected chi connectivity index (χ3v) is 6.46. The van der Waals surface area contributed by atoms with Crippen LogP contribution in [0.1, 0.15) is 39.0 Å². The number of ether oxygens (including phenoxy) is 1. The summed E-state index contributed by atoms with van der Waals surface area (Å²) in [6.07, 6.45) is 6.21. The Hall–Kier alpha value is -0.670. The fourth-order valence-corrected chi connectivity index (χ4v) is 4.50. The first-order valence-electron chi connectivity index (χ1n) is 9.65. The van der Waals surface area contributed by atoms with Crippen molar-refractivity contribution in [3.63, 3.8) is 0 Å². The van der Waals surface area contributed by atoms with Gasteiger partial charge in [-0.3, -0.25) is 9.20 Å². The summed E-state index contributed by atoms with van der Waals surface area (Å²) in [5.41, 5.74) is 0.319. The lowest BCUT2D eigenvalue weighted by atomic mass is 9.83. The molecular weight excluding hydrogens is 473 g/mol. The predicted octanol–water partition coefficient (Wildman–Crippen LogP) is 3.56. The van der Waals surface area contributed by atoms with Gasteiger partial charge in [0.05, 0.1) is 10.8 Å². The summed E-state index contributed by atoms with van der Waals surface area (Å²) in [6, 6.07) is 9.60. The zero-order chi connectivity index (χ0) is 18.7. The maximum Gasteiger partial charge on any atom is 0.191 e. The Labute approximate surface area is 183 Å². The standard InChI is InChI=1S/C20H33N3O2S.HI/c1-3-25-15-13-20(11-7-8-12-20)17-23-19(21-2)22-14-16-26(24)18-9-5-4-6-10-18;/h4-6,9-10H,3,7-8,11-17H2,1-2H3,(H2,21,22,23);1H. The highest BCUT2D eigenvalue weighted by Gasteiger charge is 2.33. The summed E-state index contributed by atoms with van der Waals surface area (Å²) >= 11 is 0. The molecule has 7 heteroatoms.